The van der Waals surface area contributed by atoms with Crippen molar-refractivity contribution in [1.82, 2.24) is 10.3 Å². The second kappa shape index (κ2) is 7.12. The van der Waals surface area contributed by atoms with E-state index in [0.29, 0.717) is 19.6 Å². The van der Waals surface area contributed by atoms with Gasteiger partial charge in [-0.25, -0.2) is 0 Å². The van der Waals surface area contributed by atoms with Gasteiger partial charge in [-0.3, -0.25) is 4.79 Å². The molecule has 2 aromatic carbocycles. The van der Waals surface area contributed by atoms with E-state index in [2.05, 4.69) is 10.3 Å². The minimum absolute atomic E-state index is 0.0666. The number of nitrogens with one attached hydrogen (secondary N) is 2. The van der Waals surface area contributed by atoms with Crippen LogP contribution in [0.4, 0.5) is 0 Å². The topological polar surface area (TPSA) is 63.3 Å². The number of rotatable bonds is 4. The van der Waals surface area contributed by atoms with E-state index >= 15 is 0 Å². The molecular weight excluding hydrogens is 328 g/mol. The van der Waals surface area contributed by atoms with Crippen LogP contribution in [0.5, 0.6) is 11.5 Å². The number of benzene rings is 2. The van der Waals surface area contributed by atoms with Gasteiger partial charge in [-0.05, 0) is 48.7 Å². The third-order valence-corrected chi connectivity index (χ3v) is 4.87. The molecule has 1 atom stereocenters. The Kier molecular flexibility index (Phi) is 4.52. The average Bonchev–Trinajstić information content (AvgIpc) is 2.95. The van der Waals surface area contributed by atoms with Crippen molar-refractivity contribution in [3.05, 3.63) is 59.8 Å². The number of carbonyl (C=O) groups excluding carboxylic acids is 1. The van der Waals surface area contributed by atoms with Gasteiger partial charge in [0.1, 0.15) is 11.5 Å². The third-order valence-electron chi connectivity index (χ3n) is 4.87. The van der Waals surface area contributed by atoms with Crippen LogP contribution in [0.1, 0.15) is 17.7 Å². The van der Waals surface area contributed by atoms with Crippen LogP contribution < -0.4 is 14.8 Å². The fraction of sp³-hybridized carbons (Fsp3) is 0.286. The first-order valence-corrected chi connectivity index (χ1v) is 8.87. The molecule has 0 aliphatic carbocycles. The van der Waals surface area contributed by atoms with E-state index in [0.717, 1.165) is 40.1 Å². The van der Waals surface area contributed by atoms with Crippen molar-refractivity contribution >= 4 is 16.8 Å². The summed E-state index contributed by atoms with van der Waals surface area (Å²) in [5, 5.41) is 4.13. The van der Waals surface area contributed by atoms with Crippen molar-refractivity contribution in [3.8, 4) is 11.5 Å². The summed E-state index contributed by atoms with van der Waals surface area (Å²) in [6.07, 6.45) is 1.44. The highest BCUT2D eigenvalue weighted by Gasteiger charge is 2.23. The predicted molar refractivity (Wildman–Crippen MR) is 100 cm³/mol. The van der Waals surface area contributed by atoms with Crippen LogP contribution in [0.3, 0.4) is 0 Å². The summed E-state index contributed by atoms with van der Waals surface area (Å²) in [5.74, 6) is 1.72. The van der Waals surface area contributed by atoms with Crippen molar-refractivity contribution in [3.63, 3.8) is 0 Å². The van der Waals surface area contributed by atoms with Gasteiger partial charge in [-0.2, -0.15) is 0 Å². The fourth-order valence-electron chi connectivity index (χ4n) is 3.44. The van der Waals surface area contributed by atoms with Gasteiger partial charge in [0.2, 0.25) is 5.91 Å². The Morgan fingerprint density at radius 2 is 2.15 bits per heavy atom. The zero-order valence-corrected chi connectivity index (χ0v) is 14.7. The quantitative estimate of drug-likeness (QED) is 0.758. The molecule has 2 heterocycles. The number of fused-ring (bicyclic) bond motifs is 2. The Labute approximate surface area is 152 Å². The van der Waals surface area contributed by atoms with Crippen LogP contribution in [-0.4, -0.2) is 24.6 Å². The van der Waals surface area contributed by atoms with Crippen molar-refractivity contribution in [2.75, 3.05) is 13.7 Å². The summed E-state index contributed by atoms with van der Waals surface area (Å²) in [5.41, 5.74) is 3.11. The SMILES string of the molecule is COc1ccc2[nH]c(CNC(=O)[C@H]3CCOc4ccccc4C3)cc2c1. The minimum atomic E-state index is -0.0666. The summed E-state index contributed by atoms with van der Waals surface area (Å²) in [7, 11) is 1.66. The number of hydrogen-bond acceptors (Lipinski definition) is 3. The van der Waals surface area contributed by atoms with Crippen LogP contribution in [0.15, 0.2) is 48.5 Å². The highest BCUT2D eigenvalue weighted by molar-refractivity contribution is 5.82. The van der Waals surface area contributed by atoms with Gasteiger partial charge in [0.25, 0.3) is 0 Å². The number of carbonyl (C=O) groups is 1. The molecule has 3 aromatic rings. The first-order chi connectivity index (χ1) is 12.7. The van der Waals surface area contributed by atoms with Crippen LogP contribution in [-0.2, 0) is 17.8 Å². The molecular formula is C21H22N2O3. The monoisotopic (exact) mass is 350 g/mol. The standard InChI is InChI=1S/C21H22N2O3/c1-25-18-6-7-19-16(12-18)11-17(23-19)13-22-21(24)15-8-9-26-20-5-3-2-4-14(20)10-15/h2-7,11-12,15,23H,8-10,13H2,1H3,(H,22,24)/t15-/m0/s1. The minimum Gasteiger partial charge on any atom is -0.497 e. The Balaban J connectivity index is 1.42. The lowest BCUT2D eigenvalue weighted by Gasteiger charge is -2.13. The molecule has 4 rings (SSSR count). The Hall–Kier alpha value is -2.95. The van der Waals surface area contributed by atoms with E-state index in [1.54, 1.807) is 7.11 Å². The second-order valence-electron chi connectivity index (χ2n) is 6.61. The molecule has 26 heavy (non-hydrogen) atoms. The lowest BCUT2D eigenvalue weighted by molar-refractivity contribution is -0.125. The molecule has 0 fully saturated rings. The highest BCUT2D eigenvalue weighted by Crippen LogP contribution is 2.27. The molecule has 2 N–H and O–H groups in total. The maximum absolute atomic E-state index is 12.6. The number of aromatic nitrogens is 1. The molecule has 0 saturated heterocycles. The maximum atomic E-state index is 12.6. The number of hydrogen-bond donors (Lipinski definition) is 2. The third kappa shape index (κ3) is 3.38. The van der Waals surface area contributed by atoms with Crippen LogP contribution in [0.25, 0.3) is 10.9 Å². The zero-order chi connectivity index (χ0) is 17.9. The molecule has 1 aliphatic rings. The molecule has 1 aromatic heterocycles. The molecule has 5 nitrogen and oxygen atoms in total. The van der Waals surface area contributed by atoms with Crippen LogP contribution in [0, 0.1) is 5.92 Å². The highest BCUT2D eigenvalue weighted by atomic mass is 16.5. The van der Waals surface area contributed by atoms with Gasteiger partial charge < -0.3 is 19.8 Å². The van der Waals surface area contributed by atoms with Crippen molar-refractivity contribution in [1.29, 1.82) is 0 Å². The van der Waals surface area contributed by atoms with Crippen LogP contribution >= 0.6 is 0 Å². The number of para-hydroxylation sites is 1. The van der Waals surface area contributed by atoms with Crippen molar-refractivity contribution in [2.24, 2.45) is 5.92 Å². The zero-order valence-electron chi connectivity index (χ0n) is 14.7. The molecule has 0 bridgehead atoms. The van der Waals surface area contributed by atoms with Crippen LogP contribution in [0.2, 0.25) is 0 Å². The number of ether oxygens (including phenoxy) is 2. The second-order valence-corrected chi connectivity index (χ2v) is 6.61. The fourth-order valence-corrected chi connectivity index (χ4v) is 3.44. The Bertz CT molecular complexity index is 932. The summed E-state index contributed by atoms with van der Waals surface area (Å²) in [6.45, 7) is 1.05. The average molecular weight is 350 g/mol. The Morgan fingerprint density at radius 3 is 3.04 bits per heavy atom. The number of H-pyrrole nitrogens is 1. The van der Waals surface area contributed by atoms with E-state index in [-0.39, 0.29) is 11.8 Å². The number of methoxy groups -OCH3 is 1. The molecule has 134 valence electrons. The van der Waals surface area contributed by atoms with Gasteiger partial charge in [0.15, 0.2) is 0 Å². The molecule has 0 radical (unpaired) electrons. The van der Waals surface area contributed by atoms with E-state index in [4.69, 9.17) is 9.47 Å². The summed E-state index contributed by atoms with van der Waals surface area (Å²) < 4.78 is 11.0. The lowest BCUT2D eigenvalue weighted by atomic mass is 9.96. The molecule has 0 unspecified atom stereocenters. The maximum Gasteiger partial charge on any atom is 0.223 e. The van der Waals surface area contributed by atoms with E-state index < -0.39 is 0 Å². The normalized spacial score (nSPS) is 16.4. The van der Waals surface area contributed by atoms with Gasteiger partial charge in [-0.15, -0.1) is 0 Å². The Morgan fingerprint density at radius 1 is 1.27 bits per heavy atom. The number of aromatic amines is 1. The first kappa shape index (κ1) is 16.5. The van der Waals surface area contributed by atoms with Gasteiger partial charge in [0, 0.05) is 22.5 Å². The van der Waals surface area contributed by atoms with Gasteiger partial charge in [-0.1, -0.05) is 18.2 Å². The van der Waals surface area contributed by atoms with Gasteiger partial charge in [0.05, 0.1) is 20.3 Å². The molecule has 5 heteroatoms. The van der Waals surface area contributed by atoms with E-state index in [1.165, 1.54) is 0 Å². The summed E-state index contributed by atoms with van der Waals surface area (Å²) in [4.78, 5) is 16.0. The summed E-state index contributed by atoms with van der Waals surface area (Å²) in [6, 6.07) is 15.9. The molecule has 1 amide bonds. The van der Waals surface area contributed by atoms with Crippen molar-refractivity contribution < 1.29 is 14.3 Å². The largest absolute Gasteiger partial charge is 0.497 e. The summed E-state index contributed by atoms with van der Waals surface area (Å²) >= 11 is 0. The molecule has 1 aliphatic heterocycles. The molecule has 0 spiro atoms. The molecule has 0 saturated carbocycles. The van der Waals surface area contributed by atoms with E-state index in [1.807, 2.05) is 48.5 Å². The van der Waals surface area contributed by atoms with E-state index in [9.17, 15) is 4.79 Å². The predicted octanol–water partition coefficient (Wildman–Crippen LogP) is 3.43. The van der Waals surface area contributed by atoms with Gasteiger partial charge >= 0.3 is 0 Å². The first-order valence-electron chi connectivity index (χ1n) is 8.87. The van der Waals surface area contributed by atoms with Crippen molar-refractivity contribution in [2.45, 2.75) is 19.4 Å². The lowest BCUT2D eigenvalue weighted by Crippen LogP contribution is -2.31. The smallest absolute Gasteiger partial charge is 0.223 e. The number of amides is 1.